The molecular weight excluding hydrogens is 136 g/mol. The van der Waals surface area contributed by atoms with Crippen LogP contribution in [0.1, 0.15) is 16.7 Å². The van der Waals surface area contributed by atoms with Crippen molar-refractivity contribution < 1.29 is 0 Å². The Hall–Kier alpha value is -1.80. The Balaban J connectivity index is 3.42. The third kappa shape index (κ3) is 1.20. The van der Waals surface area contributed by atoms with Crippen molar-refractivity contribution in [3.63, 3.8) is 0 Å². The smallest absolute Gasteiger partial charge is 0.101 e. The number of nitriles is 2. The number of aryl methyl sites for hydroxylation is 1. The van der Waals surface area contributed by atoms with Crippen LogP contribution in [0.15, 0.2) is 12.1 Å². The first-order chi connectivity index (χ1) is 5.29. The van der Waals surface area contributed by atoms with Gasteiger partial charge in [0, 0.05) is 0 Å². The summed E-state index contributed by atoms with van der Waals surface area (Å²) in [6, 6.07) is 9.99. The van der Waals surface area contributed by atoms with Crippen LogP contribution in [0, 0.1) is 35.7 Å². The topological polar surface area (TPSA) is 47.6 Å². The molecule has 1 rings (SSSR count). The quantitative estimate of drug-likeness (QED) is 0.550. The van der Waals surface area contributed by atoms with E-state index in [4.69, 9.17) is 10.5 Å². The Kier molecular flexibility index (Phi) is 1.90. The van der Waals surface area contributed by atoms with Crippen molar-refractivity contribution in [1.29, 1.82) is 10.5 Å². The van der Waals surface area contributed by atoms with Crippen LogP contribution < -0.4 is 0 Å². The molecule has 0 bridgehead atoms. The van der Waals surface area contributed by atoms with Gasteiger partial charge >= 0.3 is 0 Å². The summed E-state index contributed by atoms with van der Waals surface area (Å²) in [5.74, 6) is 0. The second-order valence-corrected chi connectivity index (χ2v) is 2.11. The molecule has 0 aliphatic carbocycles. The molecule has 0 heterocycles. The molecule has 0 N–H and O–H groups in total. The fraction of sp³-hybridized carbons (Fsp3) is 0.111. The highest BCUT2D eigenvalue weighted by atomic mass is 14.3. The number of nitrogens with zero attached hydrogens (tertiary/aromatic N) is 2. The molecule has 0 fully saturated rings. The summed E-state index contributed by atoms with van der Waals surface area (Å²) >= 11 is 0. The van der Waals surface area contributed by atoms with Crippen LogP contribution in [-0.4, -0.2) is 0 Å². The first-order valence-electron chi connectivity index (χ1n) is 3.11. The monoisotopic (exact) mass is 141 g/mol. The van der Waals surface area contributed by atoms with Crippen LogP contribution in [0.4, 0.5) is 0 Å². The van der Waals surface area contributed by atoms with Gasteiger partial charge in [-0.2, -0.15) is 10.5 Å². The average Bonchev–Trinajstić information content (AvgIpc) is 2.04. The highest BCUT2D eigenvalue weighted by Crippen LogP contribution is 2.10. The summed E-state index contributed by atoms with van der Waals surface area (Å²) in [4.78, 5) is 0. The third-order valence-electron chi connectivity index (χ3n) is 1.43. The lowest BCUT2D eigenvalue weighted by atomic mass is 10.0. The molecule has 0 saturated heterocycles. The van der Waals surface area contributed by atoms with E-state index in [1.165, 1.54) is 0 Å². The molecule has 0 amide bonds. The zero-order chi connectivity index (χ0) is 8.27. The predicted molar refractivity (Wildman–Crippen MR) is 39.4 cm³/mol. The standard InChI is InChI=1S/C9H5N2/c1-7-3-2-4-8(5-10)9(7)6-11/h2,4H,1H3. The maximum atomic E-state index is 8.61. The van der Waals surface area contributed by atoms with Crippen LogP contribution in [0.2, 0.25) is 0 Å². The molecule has 2 heteroatoms. The molecule has 0 unspecified atom stereocenters. The number of rotatable bonds is 0. The lowest BCUT2D eigenvalue weighted by Crippen LogP contribution is -1.86. The van der Waals surface area contributed by atoms with E-state index in [0.29, 0.717) is 11.1 Å². The minimum atomic E-state index is 0.420. The van der Waals surface area contributed by atoms with E-state index in [0.717, 1.165) is 5.56 Å². The molecule has 0 saturated carbocycles. The molecule has 1 radical (unpaired) electrons. The van der Waals surface area contributed by atoms with Crippen LogP contribution in [0.3, 0.4) is 0 Å². The van der Waals surface area contributed by atoms with Crippen molar-refractivity contribution in [2.45, 2.75) is 6.92 Å². The summed E-state index contributed by atoms with van der Waals surface area (Å²) in [5, 5.41) is 17.2. The third-order valence-corrected chi connectivity index (χ3v) is 1.43. The lowest BCUT2D eigenvalue weighted by Gasteiger charge is -1.95. The molecule has 0 atom stereocenters. The van der Waals surface area contributed by atoms with E-state index in [2.05, 4.69) is 6.07 Å². The van der Waals surface area contributed by atoms with E-state index >= 15 is 0 Å². The Bertz CT molecular complexity index is 353. The number of benzene rings is 1. The van der Waals surface area contributed by atoms with Gasteiger partial charge in [0.15, 0.2) is 0 Å². The minimum Gasteiger partial charge on any atom is -0.192 e. The van der Waals surface area contributed by atoms with Crippen LogP contribution in [0.25, 0.3) is 0 Å². The van der Waals surface area contributed by atoms with Crippen LogP contribution >= 0.6 is 0 Å². The van der Waals surface area contributed by atoms with Crippen molar-refractivity contribution in [3.8, 4) is 12.1 Å². The van der Waals surface area contributed by atoms with Gasteiger partial charge in [0.05, 0.1) is 11.1 Å². The highest BCUT2D eigenvalue weighted by Gasteiger charge is 2.02. The Morgan fingerprint density at radius 1 is 1.36 bits per heavy atom. The minimum absolute atomic E-state index is 0.420. The zero-order valence-electron chi connectivity index (χ0n) is 6.05. The van der Waals surface area contributed by atoms with E-state index in [-0.39, 0.29) is 0 Å². The molecule has 0 spiro atoms. The Morgan fingerprint density at radius 2 is 2.09 bits per heavy atom. The highest BCUT2D eigenvalue weighted by molar-refractivity contribution is 5.49. The largest absolute Gasteiger partial charge is 0.192 e. The number of hydrogen-bond acceptors (Lipinski definition) is 2. The Morgan fingerprint density at radius 3 is 2.55 bits per heavy atom. The Labute approximate surface area is 65.3 Å². The summed E-state index contributed by atoms with van der Waals surface area (Å²) in [6.45, 7) is 1.76. The molecular formula is C9H5N2. The van der Waals surface area contributed by atoms with Crippen molar-refractivity contribution in [1.82, 2.24) is 0 Å². The van der Waals surface area contributed by atoms with Gasteiger partial charge in [-0.1, -0.05) is 6.07 Å². The maximum absolute atomic E-state index is 8.61. The normalized spacial score (nSPS) is 8.27. The van der Waals surface area contributed by atoms with Gasteiger partial charge in [-0.15, -0.1) is 0 Å². The fourth-order valence-electron chi connectivity index (χ4n) is 0.845. The second-order valence-electron chi connectivity index (χ2n) is 2.11. The van der Waals surface area contributed by atoms with Gasteiger partial charge in [-0.3, -0.25) is 0 Å². The molecule has 1 aromatic carbocycles. The molecule has 51 valence electrons. The van der Waals surface area contributed by atoms with Crippen LogP contribution in [0.5, 0.6) is 0 Å². The van der Waals surface area contributed by atoms with Gasteiger partial charge in [0.2, 0.25) is 0 Å². The zero-order valence-corrected chi connectivity index (χ0v) is 6.05. The maximum Gasteiger partial charge on any atom is 0.101 e. The predicted octanol–water partition coefficient (Wildman–Crippen LogP) is 1.54. The molecule has 0 aliphatic heterocycles. The van der Waals surface area contributed by atoms with Crippen molar-refractivity contribution in [3.05, 3.63) is 34.9 Å². The SMILES string of the molecule is Cc1[c]ccc(C#N)c1C#N. The summed E-state index contributed by atoms with van der Waals surface area (Å²) in [5.41, 5.74) is 1.57. The van der Waals surface area contributed by atoms with Crippen molar-refractivity contribution in [2.75, 3.05) is 0 Å². The lowest BCUT2D eigenvalue weighted by molar-refractivity contribution is 1.35. The average molecular weight is 141 g/mol. The van der Waals surface area contributed by atoms with Gasteiger partial charge in [0.1, 0.15) is 12.1 Å². The van der Waals surface area contributed by atoms with Gasteiger partial charge < -0.3 is 0 Å². The first kappa shape index (κ1) is 7.31. The van der Waals surface area contributed by atoms with E-state index in [9.17, 15) is 0 Å². The second kappa shape index (κ2) is 2.86. The van der Waals surface area contributed by atoms with Gasteiger partial charge in [-0.25, -0.2) is 0 Å². The van der Waals surface area contributed by atoms with Gasteiger partial charge in [0.25, 0.3) is 0 Å². The molecule has 2 nitrogen and oxygen atoms in total. The molecule has 1 aromatic rings. The summed E-state index contributed by atoms with van der Waals surface area (Å²) in [6.07, 6.45) is 0. The van der Waals surface area contributed by atoms with Gasteiger partial charge in [-0.05, 0) is 24.6 Å². The molecule has 0 aliphatic rings. The number of hydrogen-bond donors (Lipinski definition) is 0. The molecule has 11 heavy (non-hydrogen) atoms. The molecule has 0 aromatic heterocycles. The van der Waals surface area contributed by atoms with E-state index < -0.39 is 0 Å². The van der Waals surface area contributed by atoms with Crippen molar-refractivity contribution >= 4 is 0 Å². The van der Waals surface area contributed by atoms with E-state index in [1.54, 1.807) is 19.1 Å². The van der Waals surface area contributed by atoms with Crippen molar-refractivity contribution in [2.24, 2.45) is 0 Å². The summed E-state index contributed by atoms with van der Waals surface area (Å²) < 4.78 is 0. The van der Waals surface area contributed by atoms with Crippen LogP contribution in [-0.2, 0) is 0 Å². The first-order valence-corrected chi connectivity index (χ1v) is 3.11. The summed E-state index contributed by atoms with van der Waals surface area (Å²) in [7, 11) is 0. The van der Waals surface area contributed by atoms with E-state index in [1.807, 2.05) is 12.1 Å². The fourth-order valence-corrected chi connectivity index (χ4v) is 0.845.